The summed E-state index contributed by atoms with van der Waals surface area (Å²) in [6.45, 7) is 7.42. The fourth-order valence-corrected chi connectivity index (χ4v) is 3.07. The number of nitrogens with zero attached hydrogens (tertiary/aromatic N) is 1. The molecular weight excluding hydrogens is 312 g/mol. The molecule has 0 fully saturated rings. The van der Waals surface area contributed by atoms with E-state index in [9.17, 15) is 0 Å². The largest absolute Gasteiger partial charge is 0.309 e. The van der Waals surface area contributed by atoms with Crippen LogP contribution in [0.4, 0.5) is 0 Å². The Morgan fingerprint density at radius 3 is 2.45 bits per heavy atom. The molecular formula is C17H21BrN2. The van der Waals surface area contributed by atoms with E-state index in [2.05, 4.69) is 71.3 Å². The maximum Gasteiger partial charge on any atom is 0.0718 e. The van der Waals surface area contributed by atoms with Crippen molar-refractivity contribution in [3.05, 3.63) is 63.4 Å². The average Bonchev–Trinajstić information content (AvgIpc) is 2.43. The van der Waals surface area contributed by atoms with Crippen molar-refractivity contribution < 1.29 is 0 Å². The summed E-state index contributed by atoms with van der Waals surface area (Å²) >= 11 is 3.61. The zero-order valence-electron chi connectivity index (χ0n) is 12.3. The van der Waals surface area contributed by atoms with Crippen molar-refractivity contribution in [2.24, 2.45) is 0 Å². The van der Waals surface area contributed by atoms with Crippen LogP contribution < -0.4 is 5.32 Å². The Morgan fingerprint density at radius 2 is 1.85 bits per heavy atom. The van der Waals surface area contributed by atoms with Crippen LogP contribution in [0.3, 0.4) is 0 Å². The van der Waals surface area contributed by atoms with Crippen molar-refractivity contribution in [2.75, 3.05) is 6.54 Å². The Hall–Kier alpha value is -1.19. The lowest BCUT2D eigenvalue weighted by Crippen LogP contribution is -2.25. The van der Waals surface area contributed by atoms with E-state index in [0.29, 0.717) is 0 Å². The molecule has 2 rings (SSSR count). The second-order valence-electron chi connectivity index (χ2n) is 5.06. The van der Waals surface area contributed by atoms with E-state index in [1.54, 1.807) is 0 Å². The van der Waals surface area contributed by atoms with E-state index in [1.807, 2.05) is 12.3 Å². The van der Waals surface area contributed by atoms with Gasteiger partial charge in [0.2, 0.25) is 0 Å². The third kappa shape index (κ3) is 3.47. The molecule has 0 saturated heterocycles. The minimum Gasteiger partial charge on any atom is -0.309 e. The van der Waals surface area contributed by atoms with Gasteiger partial charge in [-0.15, -0.1) is 0 Å². The molecule has 0 aliphatic carbocycles. The van der Waals surface area contributed by atoms with Crippen LogP contribution in [-0.2, 0) is 6.42 Å². The van der Waals surface area contributed by atoms with E-state index in [1.165, 1.54) is 16.7 Å². The molecule has 1 heterocycles. The van der Waals surface area contributed by atoms with Gasteiger partial charge in [-0.3, -0.25) is 4.98 Å². The van der Waals surface area contributed by atoms with Crippen molar-refractivity contribution in [1.29, 1.82) is 0 Å². The van der Waals surface area contributed by atoms with Crippen LogP contribution in [0.2, 0.25) is 0 Å². The minimum atomic E-state index is 0.232. The highest BCUT2D eigenvalue weighted by molar-refractivity contribution is 9.10. The van der Waals surface area contributed by atoms with Gasteiger partial charge in [-0.2, -0.15) is 0 Å². The van der Waals surface area contributed by atoms with Gasteiger partial charge in [0.25, 0.3) is 0 Å². The van der Waals surface area contributed by atoms with Crippen LogP contribution in [-0.4, -0.2) is 11.5 Å². The van der Waals surface area contributed by atoms with Gasteiger partial charge in [0.15, 0.2) is 0 Å². The third-order valence-corrected chi connectivity index (χ3v) is 4.29. The van der Waals surface area contributed by atoms with Crippen molar-refractivity contribution in [1.82, 2.24) is 10.3 Å². The number of pyridine rings is 1. The molecule has 20 heavy (non-hydrogen) atoms. The maximum absolute atomic E-state index is 4.54. The van der Waals surface area contributed by atoms with Gasteiger partial charge in [-0.1, -0.05) is 25.1 Å². The summed E-state index contributed by atoms with van der Waals surface area (Å²) in [6, 6.07) is 10.7. The first-order valence-corrected chi connectivity index (χ1v) is 7.81. The highest BCUT2D eigenvalue weighted by Crippen LogP contribution is 2.26. The second kappa shape index (κ2) is 7.00. The number of halogens is 1. The number of likely N-dealkylation sites (N-methyl/N-ethyl adjacent to an activating group) is 1. The van der Waals surface area contributed by atoms with Crippen molar-refractivity contribution in [3.63, 3.8) is 0 Å². The lowest BCUT2D eigenvalue weighted by molar-refractivity contribution is 0.532. The fourth-order valence-electron chi connectivity index (χ4n) is 2.54. The van der Waals surface area contributed by atoms with Gasteiger partial charge in [0, 0.05) is 10.7 Å². The number of hydrogen-bond donors (Lipinski definition) is 1. The quantitative estimate of drug-likeness (QED) is 0.880. The topological polar surface area (TPSA) is 24.9 Å². The standard InChI is InChI=1S/C17H21BrN2/c1-4-19-16(17-15(18)9-6-10-20-17)11-14-12(2)7-5-8-13(14)3/h5-10,16,19H,4,11H2,1-3H3. The molecule has 106 valence electrons. The van der Waals surface area contributed by atoms with Crippen LogP contribution >= 0.6 is 15.9 Å². The Labute approximate surface area is 129 Å². The first-order valence-electron chi connectivity index (χ1n) is 7.02. The molecule has 3 heteroatoms. The number of hydrogen-bond acceptors (Lipinski definition) is 2. The number of aromatic nitrogens is 1. The number of benzene rings is 1. The molecule has 0 radical (unpaired) electrons. The lowest BCUT2D eigenvalue weighted by atomic mass is 9.95. The summed E-state index contributed by atoms with van der Waals surface area (Å²) in [6.07, 6.45) is 2.82. The van der Waals surface area contributed by atoms with Crippen LogP contribution in [0, 0.1) is 13.8 Å². The number of rotatable bonds is 5. The zero-order chi connectivity index (χ0) is 14.5. The smallest absolute Gasteiger partial charge is 0.0718 e. The molecule has 1 aromatic carbocycles. The molecule has 2 aromatic rings. The summed E-state index contributed by atoms with van der Waals surface area (Å²) < 4.78 is 1.07. The van der Waals surface area contributed by atoms with Gasteiger partial charge >= 0.3 is 0 Å². The van der Waals surface area contributed by atoms with Crippen LogP contribution in [0.5, 0.6) is 0 Å². The minimum absolute atomic E-state index is 0.232. The third-order valence-electron chi connectivity index (χ3n) is 3.62. The first kappa shape index (κ1) is 15.2. The molecule has 0 aliphatic rings. The molecule has 2 nitrogen and oxygen atoms in total. The van der Waals surface area contributed by atoms with Gasteiger partial charge in [-0.05, 0) is 71.6 Å². The van der Waals surface area contributed by atoms with E-state index in [0.717, 1.165) is 23.1 Å². The van der Waals surface area contributed by atoms with Gasteiger partial charge in [0.1, 0.15) is 0 Å². The molecule has 0 spiro atoms. The highest BCUT2D eigenvalue weighted by atomic mass is 79.9. The SMILES string of the molecule is CCNC(Cc1c(C)cccc1C)c1ncccc1Br. The molecule has 0 aliphatic heterocycles. The Bertz CT molecular complexity index is 561. The van der Waals surface area contributed by atoms with Crippen LogP contribution in [0.1, 0.15) is 35.3 Å². The van der Waals surface area contributed by atoms with Crippen LogP contribution in [0.15, 0.2) is 41.0 Å². The molecule has 0 bridgehead atoms. The summed E-state index contributed by atoms with van der Waals surface area (Å²) in [5, 5.41) is 3.55. The zero-order valence-corrected chi connectivity index (χ0v) is 13.9. The summed E-state index contributed by atoms with van der Waals surface area (Å²) in [4.78, 5) is 4.54. The number of aryl methyl sites for hydroxylation is 2. The normalized spacial score (nSPS) is 12.4. The van der Waals surface area contributed by atoms with Gasteiger partial charge in [-0.25, -0.2) is 0 Å². The first-order chi connectivity index (χ1) is 9.63. The van der Waals surface area contributed by atoms with Crippen LogP contribution in [0.25, 0.3) is 0 Å². The summed E-state index contributed by atoms with van der Waals surface area (Å²) in [5.41, 5.74) is 5.19. The predicted molar refractivity (Wildman–Crippen MR) is 88.0 cm³/mol. The maximum atomic E-state index is 4.54. The fraction of sp³-hybridized carbons (Fsp3) is 0.353. The monoisotopic (exact) mass is 332 g/mol. The molecule has 0 saturated carbocycles. The molecule has 1 atom stereocenters. The van der Waals surface area contributed by atoms with E-state index in [4.69, 9.17) is 0 Å². The summed E-state index contributed by atoms with van der Waals surface area (Å²) in [5.74, 6) is 0. The van der Waals surface area contributed by atoms with Crippen molar-refractivity contribution >= 4 is 15.9 Å². The van der Waals surface area contributed by atoms with E-state index < -0.39 is 0 Å². The predicted octanol–water partition coefficient (Wildman–Crippen LogP) is 4.35. The Morgan fingerprint density at radius 1 is 1.15 bits per heavy atom. The lowest BCUT2D eigenvalue weighted by Gasteiger charge is -2.21. The highest BCUT2D eigenvalue weighted by Gasteiger charge is 2.17. The molecule has 0 amide bonds. The number of nitrogens with one attached hydrogen (secondary N) is 1. The van der Waals surface area contributed by atoms with E-state index in [-0.39, 0.29) is 6.04 Å². The van der Waals surface area contributed by atoms with E-state index >= 15 is 0 Å². The molecule has 1 unspecified atom stereocenters. The Kier molecular flexibility index (Phi) is 5.32. The van der Waals surface area contributed by atoms with Gasteiger partial charge in [0.05, 0.1) is 11.7 Å². The summed E-state index contributed by atoms with van der Waals surface area (Å²) in [7, 11) is 0. The molecule has 1 aromatic heterocycles. The average molecular weight is 333 g/mol. The molecule has 1 N–H and O–H groups in total. The van der Waals surface area contributed by atoms with Crippen molar-refractivity contribution in [3.8, 4) is 0 Å². The van der Waals surface area contributed by atoms with Gasteiger partial charge < -0.3 is 5.32 Å². The van der Waals surface area contributed by atoms with Crippen molar-refractivity contribution in [2.45, 2.75) is 33.2 Å². The second-order valence-corrected chi connectivity index (χ2v) is 5.91. The Balaban J connectivity index is 2.33.